The van der Waals surface area contributed by atoms with Crippen LogP contribution in [-0.4, -0.2) is 18.2 Å². The summed E-state index contributed by atoms with van der Waals surface area (Å²) in [7, 11) is 1.59. The highest BCUT2D eigenvalue weighted by molar-refractivity contribution is 6.35. The van der Waals surface area contributed by atoms with Gasteiger partial charge in [0.05, 0.1) is 13.0 Å². The summed E-state index contributed by atoms with van der Waals surface area (Å²) < 4.78 is 5.21. The number of halogens is 2. The summed E-state index contributed by atoms with van der Waals surface area (Å²) in [6.07, 6.45) is 0.303. The van der Waals surface area contributed by atoms with Crippen molar-refractivity contribution < 1.29 is 14.6 Å². The molecule has 0 radical (unpaired) electrons. The summed E-state index contributed by atoms with van der Waals surface area (Å²) in [4.78, 5) is 11.6. The Balaban J connectivity index is 2.34. The molecule has 1 unspecified atom stereocenters. The number of hydrogen-bond acceptors (Lipinski definition) is 2. The number of rotatable bonds is 5. The van der Waals surface area contributed by atoms with Crippen LogP contribution in [0.2, 0.25) is 10.0 Å². The van der Waals surface area contributed by atoms with E-state index in [2.05, 4.69) is 0 Å². The first-order valence-electron chi connectivity index (χ1n) is 6.73. The Bertz CT molecular complexity index is 698. The van der Waals surface area contributed by atoms with Crippen LogP contribution >= 0.6 is 23.2 Å². The molecule has 0 fully saturated rings. The summed E-state index contributed by atoms with van der Waals surface area (Å²) in [6.45, 7) is 1.89. The Morgan fingerprint density at radius 3 is 2.50 bits per heavy atom. The van der Waals surface area contributed by atoms with Gasteiger partial charge in [0.25, 0.3) is 0 Å². The fourth-order valence-electron chi connectivity index (χ4n) is 2.37. The van der Waals surface area contributed by atoms with E-state index in [1.807, 2.05) is 13.0 Å². The average molecular weight is 339 g/mol. The Labute approximate surface area is 139 Å². The minimum atomic E-state index is -0.893. The molecule has 2 aromatic rings. The third-order valence-electron chi connectivity index (χ3n) is 3.56. The first-order valence-corrected chi connectivity index (χ1v) is 7.49. The number of carboxylic acid groups (broad SMARTS) is 1. The molecule has 2 rings (SSSR count). The third-order valence-corrected chi connectivity index (χ3v) is 4.15. The fraction of sp³-hybridized carbons (Fsp3) is 0.235. The molecule has 5 heteroatoms. The van der Waals surface area contributed by atoms with Crippen molar-refractivity contribution in [2.45, 2.75) is 19.3 Å². The molecule has 0 aliphatic heterocycles. The highest BCUT2D eigenvalue weighted by Gasteiger charge is 2.22. The molecular formula is C17H16Cl2O3. The summed E-state index contributed by atoms with van der Waals surface area (Å²) in [5.41, 5.74) is 2.37. The topological polar surface area (TPSA) is 46.5 Å². The normalized spacial score (nSPS) is 12.0. The lowest BCUT2D eigenvalue weighted by atomic mass is 9.91. The minimum Gasteiger partial charge on any atom is -0.496 e. The second kappa shape index (κ2) is 7.03. The van der Waals surface area contributed by atoms with Crippen molar-refractivity contribution >= 4 is 29.2 Å². The van der Waals surface area contributed by atoms with Crippen LogP contribution in [0.5, 0.6) is 5.75 Å². The molecule has 0 heterocycles. The standard InChI is InChI=1S/C17H16Cl2O3/c1-10-7-11(4-6-16(10)22-2)14(17(20)21)8-12-3-5-13(18)9-15(12)19/h3-7,9,14H,8H2,1-2H3,(H,20,21). The number of benzene rings is 2. The molecule has 22 heavy (non-hydrogen) atoms. The van der Waals surface area contributed by atoms with Crippen LogP contribution in [0.4, 0.5) is 0 Å². The van der Waals surface area contributed by atoms with Gasteiger partial charge in [-0.05, 0) is 48.2 Å². The number of hydrogen-bond donors (Lipinski definition) is 1. The average Bonchev–Trinajstić information content (AvgIpc) is 2.46. The van der Waals surface area contributed by atoms with E-state index in [9.17, 15) is 9.90 Å². The zero-order valence-corrected chi connectivity index (χ0v) is 13.8. The predicted octanol–water partition coefficient (Wildman–Crippen LogP) is 4.72. The van der Waals surface area contributed by atoms with Crippen molar-refractivity contribution in [1.29, 1.82) is 0 Å². The monoisotopic (exact) mass is 338 g/mol. The van der Waals surface area contributed by atoms with Gasteiger partial charge in [-0.2, -0.15) is 0 Å². The molecular weight excluding hydrogens is 323 g/mol. The minimum absolute atomic E-state index is 0.303. The molecule has 0 spiro atoms. The third kappa shape index (κ3) is 3.73. The second-order valence-electron chi connectivity index (χ2n) is 5.06. The van der Waals surface area contributed by atoms with Crippen molar-refractivity contribution in [2.75, 3.05) is 7.11 Å². The Kier molecular flexibility index (Phi) is 5.33. The number of ether oxygens (including phenoxy) is 1. The number of carboxylic acids is 1. The summed E-state index contributed by atoms with van der Waals surface area (Å²) in [5.74, 6) is -0.837. The molecule has 0 aliphatic rings. The van der Waals surface area contributed by atoms with Gasteiger partial charge in [-0.3, -0.25) is 4.79 Å². The Morgan fingerprint density at radius 2 is 1.95 bits per heavy atom. The molecule has 1 atom stereocenters. The SMILES string of the molecule is COc1ccc(C(Cc2ccc(Cl)cc2Cl)C(=O)O)cc1C. The molecule has 0 bridgehead atoms. The zero-order chi connectivity index (χ0) is 16.3. The van der Waals surface area contributed by atoms with Gasteiger partial charge in [-0.1, -0.05) is 41.4 Å². The van der Waals surface area contributed by atoms with E-state index in [1.165, 1.54) is 0 Å². The molecule has 116 valence electrons. The van der Waals surface area contributed by atoms with Gasteiger partial charge < -0.3 is 9.84 Å². The maximum absolute atomic E-state index is 11.6. The highest BCUT2D eigenvalue weighted by atomic mass is 35.5. The lowest BCUT2D eigenvalue weighted by molar-refractivity contribution is -0.138. The van der Waals surface area contributed by atoms with E-state index in [0.717, 1.165) is 22.4 Å². The molecule has 1 N–H and O–H groups in total. The fourth-order valence-corrected chi connectivity index (χ4v) is 2.86. The van der Waals surface area contributed by atoms with Gasteiger partial charge in [0, 0.05) is 10.0 Å². The van der Waals surface area contributed by atoms with E-state index in [0.29, 0.717) is 16.5 Å². The maximum Gasteiger partial charge on any atom is 0.311 e. The van der Waals surface area contributed by atoms with E-state index in [-0.39, 0.29) is 0 Å². The van der Waals surface area contributed by atoms with Crippen LogP contribution in [0.25, 0.3) is 0 Å². The highest BCUT2D eigenvalue weighted by Crippen LogP contribution is 2.30. The van der Waals surface area contributed by atoms with Gasteiger partial charge in [-0.25, -0.2) is 0 Å². The van der Waals surface area contributed by atoms with Crippen molar-refractivity contribution in [1.82, 2.24) is 0 Å². The van der Waals surface area contributed by atoms with Crippen molar-refractivity contribution in [2.24, 2.45) is 0 Å². The first kappa shape index (κ1) is 16.7. The van der Waals surface area contributed by atoms with Crippen LogP contribution in [0.1, 0.15) is 22.6 Å². The predicted molar refractivity (Wildman–Crippen MR) is 88.3 cm³/mol. The lowest BCUT2D eigenvalue weighted by Gasteiger charge is -2.16. The van der Waals surface area contributed by atoms with Gasteiger partial charge in [-0.15, -0.1) is 0 Å². The van der Waals surface area contributed by atoms with Crippen LogP contribution in [0, 0.1) is 6.92 Å². The largest absolute Gasteiger partial charge is 0.496 e. The molecule has 0 aliphatic carbocycles. The smallest absolute Gasteiger partial charge is 0.311 e. The second-order valence-corrected chi connectivity index (χ2v) is 5.90. The number of aryl methyl sites for hydroxylation is 1. The summed E-state index contributed by atoms with van der Waals surface area (Å²) in [6, 6.07) is 10.5. The first-order chi connectivity index (χ1) is 10.4. The van der Waals surface area contributed by atoms with Gasteiger partial charge in [0.2, 0.25) is 0 Å². The van der Waals surface area contributed by atoms with Crippen molar-refractivity contribution in [3.8, 4) is 5.75 Å². The van der Waals surface area contributed by atoms with Gasteiger partial charge in [0.15, 0.2) is 0 Å². The number of aliphatic carboxylic acids is 1. The number of carbonyl (C=O) groups is 1. The molecule has 3 nitrogen and oxygen atoms in total. The Morgan fingerprint density at radius 1 is 1.23 bits per heavy atom. The molecule has 0 saturated carbocycles. The summed E-state index contributed by atoms with van der Waals surface area (Å²) in [5, 5.41) is 10.6. The molecule has 0 aromatic heterocycles. The quantitative estimate of drug-likeness (QED) is 0.857. The summed E-state index contributed by atoms with van der Waals surface area (Å²) >= 11 is 12.0. The molecule has 2 aromatic carbocycles. The molecule has 0 amide bonds. The van der Waals surface area contributed by atoms with Gasteiger partial charge in [0.1, 0.15) is 5.75 Å². The van der Waals surface area contributed by atoms with Crippen LogP contribution in [0.3, 0.4) is 0 Å². The van der Waals surface area contributed by atoms with E-state index in [1.54, 1.807) is 37.4 Å². The van der Waals surface area contributed by atoms with Gasteiger partial charge >= 0.3 is 5.97 Å². The van der Waals surface area contributed by atoms with Crippen molar-refractivity contribution in [3.63, 3.8) is 0 Å². The van der Waals surface area contributed by atoms with E-state index >= 15 is 0 Å². The van der Waals surface area contributed by atoms with E-state index in [4.69, 9.17) is 27.9 Å². The van der Waals surface area contributed by atoms with Crippen LogP contribution in [-0.2, 0) is 11.2 Å². The van der Waals surface area contributed by atoms with Crippen molar-refractivity contribution in [3.05, 3.63) is 63.1 Å². The van der Waals surface area contributed by atoms with Crippen LogP contribution in [0.15, 0.2) is 36.4 Å². The van der Waals surface area contributed by atoms with E-state index < -0.39 is 11.9 Å². The molecule has 0 saturated heterocycles. The number of methoxy groups -OCH3 is 1. The maximum atomic E-state index is 11.6. The lowest BCUT2D eigenvalue weighted by Crippen LogP contribution is -2.15. The van der Waals surface area contributed by atoms with Crippen LogP contribution < -0.4 is 4.74 Å². The zero-order valence-electron chi connectivity index (χ0n) is 12.3. The Hall–Kier alpha value is -1.71.